The van der Waals surface area contributed by atoms with Gasteiger partial charge in [-0.05, 0) is 6.42 Å². The molecule has 0 amide bonds. The highest BCUT2D eigenvalue weighted by Gasteiger charge is 2.38. The van der Waals surface area contributed by atoms with E-state index in [-0.39, 0.29) is 0 Å². The van der Waals surface area contributed by atoms with Gasteiger partial charge in [-0.25, -0.2) is 0 Å². The van der Waals surface area contributed by atoms with E-state index in [1.807, 2.05) is 0 Å². The highest BCUT2D eigenvalue weighted by atomic mass is 32.2. The summed E-state index contributed by atoms with van der Waals surface area (Å²) in [7, 11) is 0. The summed E-state index contributed by atoms with van der Waals surface area (Å²) in [6.07, 6.45) is 1.35. The summed E-state index contributed by atoms with van der Waals surface area (Å²) in [4.78, 5) is 0. The molecule has 0 bridgehead atoms. The number of hydrogen-bond donors (Lipinski definition) is 2. The van der Waals surface area contributed by atoms with Gasteiger partial charge in [0.05, 0.1) is 0 Å². The van der Waals surface area contributed by atoms with Gasteiger partial charge in [-0.2, -0.15) is 11.8 Å². The van der Waals surface area contributed by atoms with E-state index < -0.39 is 0 Å². The van der Waals surface area contributed by atoms with Crippen LogP contribution in [0.3, 0.4) is 0 Å². The summed E-state index contributed by atoms with van der Waals surface area (Å²) in [6, 6.07) is 0. The fraction of sp³-hybridized carbons (Fsp3) is 1.00. The Labute approximate surface area is 53.4 Å². The van der Waals surface area contributed by atoms with Gasteiger partial charge in [0.1, 0.15) is 0 Å². The largest absolute Gasteiger partial charge is 0.258 e. The van der Waals surface area contributed by atoms with Crippen molar-refractivity contribution in [3.8, 4) is 0 Å². The summed E-state index contributed by atoms with van der Waals surface area (Å²) in [5, 5.41) is 1.92. The SMILES string of the molecule is C1CC2SC2CNN1. The van der Waals surface area contributed by atoms with Gasteiger partial charge >= 0.3 is 0 Å². The van der Waals surface area contributed by atoms with E-state index in [1.165, 1.54) is 6.42 Å². The Kier molecular flexibility index (Phi) is 1.21. The highest BCUT2D eigenvalue weighted by molar-refractivity contribution is 8.07. The smallest absolute Gasteiger partial charge is 0.0309 e. The molecule has 0 aliphatic carbocycles. The second kappa shape index (κ2) is 1.90. The van der Waals surface area contributed by atoms with Crippen LogP contribution in [0.2, 0.25) is 0 Å². The van der Waals surface area contributed by atoms with Crippen LogP contribution in [0.15, 0.2) is 0 Å². The quantitative estimate of drug-likeness (QED) is 0.450. The van der Waals surface area contributed by atoms with Gasteiger partial charge < -0.3 is 0 Å². The molecule has 2 N–H and O–H groups in total. The molecule has 2 heterocycles. The molecule has 0 spiro atoms. The molecule has 8 heavy (non-hydrogen) atoms. The van der Waals surface area contributed by atoms with E-state index in [0.717, 1.165) is 23.6 Å². The van der Waals surface area contributed by atoms with Crippen molar-refractivity contribution in [2.75, 3.05) is 13.1 Å². The number of fused-ring (bicyclic) bond motifs is 1. The van der Waals surface area contributed by atoms with Crippen molar-refractivity contribution in [3.63, 3.8) is 0 Å². The van der Waals surface area contributed by atoms with Crippen molar-refractivity contribution in [3.05, 3.63) is 0 Å². The molecule has 0 aromatic rings. The third-order valence-corrected chi connectivity index (χ3v) is 3.11. The van der Waals surface area contributed by atoms with Gasteiger partial charge in [-0.3, -0.25) is 10.9 Å². The molecule has 2 atom stereocenters. The van der Waals surface area contributed by atoms with Gasteiger partial charge in [-0.1, -0.05) is 0 Å². The molecule has 46 valence electrons. The predicted octanol–water partition coefficient (Wildman–Crippen LogP) is -0.0317. The first-order valence-electron chi connectivity index (χ1n) is 3.08. The Morgan fingerprint density at radius 3 is 3.25 bits per heavy atom. The number of hydrazine groups is 1. The van der Waals surface area contributed by atoms with Crippen LogP contribution in [0, 0.1) is 0 Å². The molecule has 2 nitrogen and oxygen atoms in total. The molecule has 0 aromatic carbocycles. The van der Waals surface area contributed by atoms with E-state index in [4.69, 9.17) is 0 Å². The normalized spacial score (nSPS) is 45.0. The van der Waals surface area contributed by atoms with Crippen molar-refractivity contribution in [1.29, 1.82) is 0 Å². The molecular weight excluding hydrogens is 120 g/mol. The molecular formula is C5H10N2S. The first-order valence-corrected chi connectivity index (χ1v) is 4.02. The Balaban J connectivity index is 1.89. The molecule has 2 aliphatic heterocycles. The lowest BCUT2D eigenvalue weighted by Crippen LogP contribution is -2.32. The zero-order chi connectivity index (χ0) is 5.40. The summed E-state index contributed by atoms with van der Waals surface area (Å²) in [5.41, 5.74) is 6.31. The minimum absolute atomic E-state index is 0.935. The summed E-state index contributed by atoms with van der Waals surface area (Å²) in [6.45, 7) is 2.31. The van der Waals surface area contributed by atoms with Crippen LogP contribution in [0.4, 0.5) is 0 Å². The molecule has 0 radical (unpaired) electrons. The van der Waals surface area contributed by atoms with Crippen molar-refractivity contribution < 1.29 is 0 Å². The third-order valence-electron chi connectivity index (χ3n) is 1.67. The third kappa shape index (κ3) is 0.855. The molecule has 2 fully saturated rings. The lowest BCUT2D eigenvalue weighted by molar-refractivity contribution is 0.574. The zero-order valence-corrected chi connectivity index (χ0v) is 5.50. The molecule has 2 aliphatic rings. The van der Waals surface area contributed by atoms with Crippen LogP contribution >= 0.6 is 11.8 Å². The average molecular weight is 130 g/mol. The second-order valence-electron chi connectivity index (χ2n) is 2.31. The maximum Gasteiger partial charge on any atom is 0.0309 e. The van der Waals surface area contributed by atoms with Crippen molar-refractivity contribution in [1.82, 2.24) is 10.9 Å². The van der Waals surface area contributed by atoms with Gasteiger partial charge in [-0.15, -0.1) is 0 Å². The second-order valence-corrected chi connectivity index (χ2v) is 3.79. The van der Waals surface area contributed by atoms with E-state index in [9.17, 15) is 0 Å². The molecule has 2 rings (SSSR count). The monoisotopic (exact) mass is 130 g/mol. The molecule has 3 heteroatoms. The topological polar surface area (TPSA) is 24.1 Å². The first-order chi connectivity index (χ1) is 3.97. The Morgan fingerprint density at radius 2 is 2.25 bits per heavy atom. The highest BCUT2D eigenvalue weighted by Crippen LogP contribution is 2.43. The minimum atomic E-state index is 0.935. The predicted molar refractivity (Wildman–Crippen MR) is 35.8 cm³/mol. The molecule has 0 saturated carbocycles. The van der Waals surface area contributed by atoms with E-state index in [1.54, 1.807) is 0 Å². The zero-order valence-electron chi connectivity index (χ0n) is 4.68. The lowest BCUT2D eigenvalue weighted by Gasteiger charge is -1.98. The Bertz CT molecular complexity index is 86.4. The average Bonchev–Trinajstić information content (AvgIpc) is 2.36. The number of hydrogen-bond acceptors (Lipinski definition) is 3. The standard InChI is InChI=1S/C5H10N2S/c1-2-6-7-3-5-4(1)8-5/h4-7H,1-3H2. The number of thioether (sulfide) groups is 1. The molecule has 2 unspecified atom stereocenters. The summed E-state index contributed by atoms with van der Waals surface area (Å²) >= 11 is 2.11. The lowest BCUT2D eigenvalue weighted by atomic mass is 10.2. The van der Waals surface area contributed by atoms with Gasteiger partial charge in [0, 0.05) is 23.6 Å². The van der Waals surface area contributed by atoms with Gasteiger partial charge in [0.15, 0.2) is 0 Å². The first kappa shape index (κ1) is 5.09. The van der Waals surface area contributed by atoms with E-state index in [2.05, 4.69) is 22.6 Å². The van der Waals surface area contributed by atoms with E-state index in [0.29, 0.717) is 0 Å². The van der Waals surface area contributed by atoms with Gasteiger partial charge in [0.2, 0.25) is 0 Å². The fourth-order valence-electron chi connectivity index (χ4n) is 1.09. The Hall–Kier alpha value is 0.270. The van der Waals surface area contributed by atoms with Gasteiger partial charge in [0.25, 0.3) is 0 Å². The minimum Gasteiger partial charge on any atom is -0.258 e. The van der Waals surface area contributed by atoms with Crippen LogP contribution < -0.4 is 10.9 Å². The van der Waals surface area contributed by atoms with Crippen LogP contribution in [0.1, 0.15) is 6.42 Å². The maximum absolute atomic E-state index is 3.17. The Morgan fingerprint density at radius 1 is 1.25 bits per heavy atom. The maximum atomic E-state index is 3.17. The molecule has 2 saturated heterocycles. The van der Waals surface area contributed by atoms with Crippen molar-refractivity contribution in [2.24, 2.45) is 0 Å². The molecule has 0 aromatic heterocycles. The number of rotatable bonds is 0. The summed E-state index contributed by atoms with van der Waals surface area (Å²) in [5.74, 6) is 0. The van der Waals surface area contributed by atoms with Crippen LogP contribution in [0.5, 0.6) is 0 Å². The van der Waals surface area contributed by atoms with E-state index >= 15 is 0 Å². The number of nitrogens with one attached hydrogen (secondary N) is 2. The van der Waals surface area contributed by atoms with Crippen molar-refractivity contribution >= 4 is 11.8 Å². The van der Waals surface area contributed by atoms with Crippen molar-refractivity contribution in [2.45, 2.75) is 16.9 Å². The fourth-order valence-corrected chi connectivity index (χ4v) is 2.11. The van der Waals surface area contributed by atoms with Crippen LogP contribution in [-0.2, 0) is 0 Å². The van der Waals surface area contributed by atoms with Crippen LogP contribution in [0.25, 0.3) is 0 Å². The van der Waals surface area contributed by atoms with Crippen LogP contribution in [-0.4, -0.2) is 23.6 Å². The summed E-state index contributed by atoms with van der Waals surface area (Å²) < 4.78 is 0.